The Morgan fingerprint density at radius 3 is 2.63 bits per heavy atom. The summed E-state index contributed by atoms with van der Waals surface area (Å²) in [6, 6.07) is 16.8. The smallest absolute Gasteiger partial charge is 0.332 e. The molecule has 5 rings (SSSR count). The van der Waals surface area contributed by atoms with E-state index in [0.29, 0.717) is 23.6 Å². The van der Waals surface area contributed by atoms with Gasteiger partial charge in [-0.3, -0.25) is 13.9 Å². The molecule has 0 N–H and O–H groups in total. The number of fused-ring (bicyclic) bond motifs is 2. The number of aromatic nitrogens is 3. The molecule has 0 atom stereocenters. The first-order valence-corrected chi connectivity index (χ1v) is 9.63. The van der Waals surface area contributed by atoms with Crippen molar-refractivity contribution in [2.75, 3.05) is 6.79 Å². The first-order valence-electron chi connectivity index (χ1n) is 9.63. The number of rotatable bonds is 4. The van der Waals surface area contributed by atoms with E-state index in [9.17, 15) is 9.59 Å². The van der Waals surface area contributed by atoms with Crippen LogP contribution in [0, 0.1) is 6.92 Å². The predicted octanol–water partition coefficient (Wildman–Crippen LogP) is 2.69. The van der Waals surface area contributed by atoms with Gasteiger partial charge in [0.05, 0.1) is 18.6 Å². The zero-order valence-corrected chi connectivity index (χ0v) is 16.4. The Hall–Kier alpha value is -3.87. The molecule has 0 unspecified atom stereocenters. The van der Waals surface area contributed by atoms with Crippen LogP contribution in [0.2, 0.25) is 0 Å². The Morgan fingerprint density at radius 2 is 1.77 bits per heavy atom. The molecule has 2 aromatic carbocycles. The van der Waals surface area contributed by atoms with Crippen LogP contribution < -0.4 is 20.7 Å². The lowest BCUT2D eigenvalue weighted by Gasteiger charge is -2.15. The molecule has 0 saturated heterocycles. The van der Waals surface area contributed by atoms with Crippen LogP contribution in [0.1, 0.15) is 16.7 Å². The summed E-state index contributed by atoms with van der Waals surface area (Å²) in [5, 5.41) is 0. The van der Waals surface area contributed by atoms with E-state index in [1.807, 2.05) is 37.3 Å². The van der Waals surface area contributed by atoms with E-state index in [-0.39, 0.29) is 24.5 Å². The third-order valence-corrected chi connectivity index (χ3v) is 5.35. The number of aryl methyl sites for hydroxylation is 1. The molecule has 150 valence electrons. The highest BCUT2D eigenvalue weighted by Crippen LogP contribution is 2.32. The molecule has 0 spiro atoms. The third-order valence-electron chi connectivity index (χ3n) is 5.35. The molecule has 0 bridgehead atoms. The highest BCUT2D eigenvalue weighted by atomic mass is 16.7. The maximum atomic E-state index is 13.4. The third kappa shape index (κ3) is 3.04. The molecule has 4 aromatic rings. The van der Waals surface area contributed by atoms with Gasteiger partial charge in [-0.25, -0.2) is 9.78 Å². The van der Waals surface area contributed by atoms with Crippen molar-refractivity contribution in [1.82, 2.24) is 14.1 Å². The van der Waals surface area contributed by atoms with E-state index < -0.39 is 5.56 Å². The number of benzene rings is 2. The second-order valence-corrected chi connectivity index (χ2v) is 7.25. The van der Waals surface area contributed by atoms with Crippen LogP contribution in [0.3, 0.4) is 0 Å². The van der Waals surface area contributed by atoms with E-state index >= 15 is 0 Å². The number of ether oxygens (including phenoxy) is 2. The average Bonchev–Trinajstić information content (AvgIpc) is 3.23. The Balaban J connectivity index is 1.66. The van der Waals surface area contributed by atoms with Crippen LogP contribution in [0.4, 0.5) is 0 Å². The number of hydrogen-bond acceptors (Lipinski definition) is 5. The van der Waals surface area contributed by atoms with Crippen molar-refractivity contribution in [3.63, 3.8) is 0 Å². The van der Waals surface area contributed by atoms with Crippen LogP contribution in [0.5, 0.6) is 11.5 Å². The highest BCUT2D eigenvalue weighted by molar-refractivity contribution is 5.73. The van der Waals surface area contributed by atoms with E-state index in [2.05, 4.69) is 4.98 Å². The van der Waals surface area contributed by atoms with Crippen molar-refractivity contribution >= 4 is 11.0 Å². The summed E-state index contributed by atoms with van der Waals surface area (Å²) < 4.78 is 13.6. The van der Waals surface area contributed by atoms with Gasteiger partial charge in [0.25, 0.3) is 5.56 Å². The first kappa shape index (κ1) is 18.2. The van der Waals surface area contributed by atoms with Crippen LogP contribution >= 0.6 is 0 Å². The SMILES string of the molecule is Cc1ccccc1Cn1c(=O)n(Cc2ccc3c(c2)OCO3)c(=O)c2ncccc21. The highest BCUT2D eigenvalue weighted by Gasteiger charge is 2.17. The second kappa shape index (κ2) is 7.18. The molecule has 0 aliphatic carbocycles. The van der Waals surface area contributed by atoms with Crippen LogP contribution in [0.15, 0.2) is 70.4 Å². The largest absolute Gasteiger partial charge is 0.454 e. The summed E-state index contributed by atoms with van der Waals surface area (Å²) in [4.78, 5) is 30.8. The van der Waals surface area contributed by atoms with Gasteiger partial charge in [0, 0.05) is 6.20 Å². The molecule has 0 fully saturated rings. The lowest BCUT2D eigenvalue weighted by molar-refractivity contribution is 0.174. The molecule has 7 heteroatoms. The second-order valence-electron chi connectivity index (χ2n) is 7.25. The lowest BCUT2D eigenvalue weighted by Crippen LogP contribution is -2.41. The standard InChI is InChI=1S/C23H19N3O4/c1-15-5-2-3-6-17(15)13-25-18-7-4-10-24-21(18)22(27)26(23(25)28)12-16-8-9-19-20(11-16)30-14-29-19/h2-11H,12-14H2,1H3. The van der Waals surface area contributed by atoms with Gasteiger partial charge in [-0.2, -0.15) is 0 Å². The number of nitrogens with zero attached hydrogens (tertiary/aromatic N) is 3. The zero-order chi connectivity index (χ0) is 20.7. The fourth-order valence-electron chi connectivity index (χ4n) is 3.71. The van der Waals surface area contributed by atoms with Gasteiger partial charge in [0.1, 0.15) is 0 Å². The molecule has 0 amide bonds. The summed E-state index contributed by atoms with van der Waals surface area (Å²) >= 11 is 0. The Labute approximate surface area is 171 Å². The molecule has 2 aromatic heterocycles. The molecule has 0 saturated carbocycles. The fraction of sp³-hybridized carbons (Fsp3) is 0.174. The van der Waals surface area contributed by atoms with Gasteiger partial charge in [-0.1, -0.05) is 30.3 Å². The van der Waals surface area contributed by atoms with Crippen LogP contribution in [-0.4, -0.2) is 20.9 Å². The van der Waals surface area contributed by atoms with Gasteiger partial charge >= 0.3 is 5.69 Å². The fourth-order valence-corrected chi connectivity index (χ4v) is 3.71. The topological polar surface area (TPSA) is 75.3 Å². The molecule has 30 heavy (non-hydrogen) atoms. The van der Waals surface area contributed by atoms with Gasteiger partial charge in [-0.15, -0.1) is 0 Å². The summed E-state index contributed by atoms with van der Waals surface area (Å²) in [7, 11) is 0. The van der Waals surface area contributed by atoms with Crippen LogP contribution in [-0.2, 0) is 13.1 Å². The summed E-state index contributed by atoms with van der Waals surface area (Å²) in [6.45, 7) is 2.65. The quantitative estimate of drug-likeness (QED) is 0.526. The average molecular weight is 401 g/mol. The molecule has 0 radical (unpaired) electrons. The molecule has 3 heterocycles. The number of hydrogen-bond donors (Lipinski definition) is 0. The summed E-state index contributed by atoms with van der Waals surface area (Å²) in [5.41, 5.74) is 2.88. The molecular weight excluding hydrogens is 382 g/mol. The summed E-state index contributed by atoms with van der Waals surface area (Å²) in [6.07, 6.45) is 1.57. The van der Waals surface area contributed by atoms with Crippen molar-refractivity contribution in [2.24, 2.45) is 0 Å². The monoisotopic (exact) mass is 401 g/mol. The molecule has 1 aliphatic heterocycles. The van der Waals surface area contributed by atoms with Crippen molar-refractivity contribution in [3.8, 4) is 11.5 Å². The maximum Gasteiger partial charge on any atom is 0.332 e. The minimum Gasteiger partial charge on any atom is -0.454 e. The van der Waals surface area contributed by atoms with Crippen molar-refractivity contribution in [3.05, 3.63) is 98.3 Å². The van der Waals surface area contributed by atoms with E-state index in [1.165, 1.54) is 4.57 Å². The molecule has 1 aliphatic rings. The van der Waals surface area contributed by atoms with Gasteiger partial charge in [0.15, 0.2) is 17.0 Å². The van der Waals surface area contributed by atoms with E-state index in [4.69, 9.17) is 9.47 Å². The van der Waals surface area contributed by atoms with Gasteiger partial charge < -0.3 is 9.47 Å². The maximum absolute atomic E-state index is 13.4. The van der Waals surface area contributed by atoms with E-state index in [1.54, 1.807) is 35.0 Å². The molecular formula is C23H19N3O4. The van der Waals surface area contributed by atoms with Crippen molar-refractivity contribution < 1.29 is 9.47 Å². The van der Waals surface area contributed by atoms with Crippen LogP contribution in [0.25, 0.3) is 11.0 Å². The first-order chi connectivity index (χ1) is 14.6. The Kier molecular flexibility index (Phi) is 4.35. The van der Waals surface area contributed by atoms with Gasteiger partial charge in [-0.05, 0) is 47.9 Å². The van der Waals surface area contributed by atoms with Crippen molar-refractivity contribution in [1.29, 1.82) is 0 Å². The Bertz CT molecular complexity index is 1390. The Morgan fingerprint density at radius 1 is 0.933 bits per heavy atom. The van der Waals surface area contributed by atoms with Gasteiger partial charge in [0.2, 0.25) is 6.79 Å². The minimum atomic E-state index is -0.408. The minimum absolute atomic E-state index is 0.120. The summed E-state index contributed by atoms with van der Waals surface area (Å²) in [5.74, 6) is 1.27. The zero-order valence-electron chi connectivity index (χ0n) is 16.4. The molecule has 7 nitrogen and oxygen atoms in total. The normalized spacial score (nSPS) is 12.4. The number of pyridine rings is 1. The van der Waals surface area contributed by atoms with Crippen molar-refractivity contribution in [2.45, 2.75) is 20.0 Å². The lowest BCUT2D eigenvalue weighted by atomic mass is 10.1. The predicted molar refractivity (Wildman–Crippen MR) is 112 cm³/mol. The van der Waals surface area contributed by atoms with E-state index in [0.717, 1.165) is 16.7 Å².